The molecule has 8 heteroatoms. The minimum Gasteiger partial charge on any atom is -0.403 e. The first-order chi connectivity index (χ1) is 16.2. The van der Waals surface area contributed by atoms with Gasteiger partial charge < -0.3 is 20.0 Å². The number of hydrogen-bond acceptors (Lipinski definition) is 6. The minimum absolute atomic E-state index is 0.192. The molecule has 7 nitrogen and oxygen atoms in total. The molecule has 1 aromatic heterocycles. The fourth-order valence-electron chi connectivity index (χ4n) is 4.82. The highest BCUT2D eigenvalue weighted by molar-refractivity contribution is 6.33. The van der Waals surface area contributed by atoms with Crippen molar-refractivity contribution in [1.29, 1.82) is 0 Å². The smallest absolute Gasteiger partial charge is 0.315 e. The molecule has 0 spiro atoms. The third kappa shape index (κ3) is 5.20. The Morgan fingerprint density at radius 2 is 1.76 bits per heavy atom. The monoisotopic (exact) mass is 465 g/mol. The Morgan fingerprint density at radius 1 is 1.00 bits per heavy atom. The van der Waals surface area contributed by atoms with Crippen LogP contribution in [0.25, 0.3) is 11.5 Å². The molecule has 172 valence electrons. The molecule has 5 rings (SSSR count). The molecule has 1 aliphatic carbocycles. The molecule has 1 saturated heterocycles. The average molecular weight is 466 g/mol. The molecule has 2 heterocycles. The minimum atomic E-state index is -0.192. The van der Waals surface area contributed by atoms with Gasteiger partial charge in [0.2, 0.25) is 0 Å². The maximum Gasteiger partial charge on any atom is 0.315 e. The standard InChI is InChI=1S/C25H28ClN5O2/c26-22-16-19(27-23(32)17-6-2-1-3-7-17)10-13-21(22)24-29-30-25(33-24)28-18-8-11-20(12-9-18)31-14-4-5-15-31/h1-3,6-7,10,13,16,18,20H,4-5,8-9,11-12,14-15H2,(H,27,32)(H,28,30). The van der Waals surface area contributed by atoms with E-state index in [1.54, 1.807) is 30.3 Å². The van der Waals surface area contributed by atoms with E-state index >= 15 is 0 Å². The van der Waals surface area contributed by atoms with Crippen molar-refractivity contribution in [3.05, 3.63) is 59.1 Å². The molecule has 2 aliphatic rings. The second kappa shape index (κ2) is 9.93. The molecule has 33 heavy (non-hydrogen) atoms. The SMILES string of the molecule is O=C(Nc1ccc(-c2nnc(NC3CCC(N4CCCC4)CC3)o2)c(Cl)c1)c1ccccc1. The van der Waals surface area contributed by atoms with Gasteiger partial charge in [-0.3, -0.25) is 4.79 Å². The Morgan fingerprint density at radius 3 is 2.48 bits per heavy atom. The first kappa shape index (κ1) is 21.9. The molecular formula is C25H28ClN5O2. The predicted octanol–water partition coefficient (Wildman–Crippen LogP) is 5.46. The highest BCUT2D eigenvalue weighted by Gasteiger charge is 2.28. The molecule has 0 unspecified atom stereocenters. The van der Waals surface area contributed by atoms with Crippen LogP contribution in [0.2, 0.25) is 5.02 Å². The van der Waals surface area contributed by atoms with Crippen LogP contribution in [0.1, 0.15) is 48.9 Å². The number of rotatable bonds is 6. The van der Waals surface area contributed by atoms with Crippen molar-refractivity contribution in [2.45, 2.75) is 50.6 Å². The first-order valence-corrected chi connectivity index (χ1v) is 12.0. The van der Waals surface area contributed by atoms with Gasteiger partial charge in [-0.15, -0.1) is 5.10 Å². The van der Waals surface area contributed by atoms with E-state index in [0.29, 0.717) is 39.8 Å². The summed E-state index contributed by atoms with van der Waals surface area (Å²) in [7, 11) is 0. The van der Waals surface area contributed by atoms with Crippen LogP contribution in [0.5, 0.6) is 0 Å². The van der Waals surface area contributed by atoms with Crippen LogP contribution >= 0.6 is 11.6 Å². The van der Waals surface area contributed by atoms with E-state index in [0.717, 1.165) is 18.9 Å². The van der Waals surface area contributed by atoms with Gasteiger partial charge in [-0.05, 0) is 81.9 Å². The molecule has 3 aromatic rings. The molecule has 0 radical (unpaired) electrons. The number of hydrogen-bond donors (Lipinski definition) is 2. The normalized spacial score (nSPS) is 21.1. The van der Waals surface area contributed by atoms with E-state index in [1.165, 1.54) is 38.8 Å². The van der Waals surface area contributed by atoms with Crippen molar-refractivity contribution in [1.82, 2.24) is 15.1 Å². The molecule has 0 atom stereocenters. The number of likely N-dealkylation sites (tertiary alicyclic amines) is 1. The molecule has 2 fully saturated rings. The van der Waals surface area contributed by atoms with E-state index in [-0.39, 0.29) is 5.91 Å². The van der Waals surface area contributed by atoms with Crippen molar-refractivity contribution in [3.63, 3.8) is 0 Å². The van der Waals surface area contributed by atoms with E-state index in [4.69, 9.17) is 16.0 Å². The Kier molecular flexibility index (Phi) is 6.60. The summed E-state index contributed by atoms with van der Waals surface area (Å²) in [4.78, 5) is 15.0. The number of carbonyl (C=O) groups is 1. The number of aromatic nitrogens is 2. The lowest BCUT2D eigenvalue weighted by atomic mass is 9.90. The third-order valence-corrected chi connectivity index (χ3v) is 6.91. The van der Waals surface area contributed by atoms with Crippen molar-refractivity contribution >= 4 is 29.2 Å². The quantitative estimate of drug-likeness (QED) is 0.502. The summed E-state index contributed by atoms with van der Waals surface area (Å²) in [6.45, 7) is 2.51. The van der Waals surface area contributed by atoms with E-state index in [1.807, 2.05) is 18.2 Å². The Bertz CT molecular complexity index is 1090. The van der Waals surface area contributed by atoms with Crippen LogP contribution in [0, 0.1) is 0 Å². The van der Waals surface area contributed by atoms with Gasteiger partial charge >= 0.3 is 6.01 Å². The van der Waals surface area contributed by atoms with Gasteiger partial charge in [-0.2, -0.15) is 0 Å². The van der Waals surface area contributed by atoms with Gasteiger partial charge in [0.05, 0.1) is 10.6 Å². The number of nitrogens with zero attached hydrogens (tertiary/aromatic N) is 3. The molecule has 2 aromatic carbocycles. The van der Waals surface area contributed by atoms with E-state index in [9.17, 15) is 4.79 Å². The Balaban J connectivity index is 1.18. The second-order valence-electron chi connectivity index (χ2n) is 8.82. The summed E-state index contributed by atoms with van der Waals surface area (Å²) in [5, 5.41) is 15.0. The lowest BCUT2D eigenvalue weighted by Gasteiger charge is -2.34. The van der Waals surface area contributed by atoms with Crippen LogP contribution in [0.4, 0.5) is 11.7 Å². The van der Waals surface area contributed by atoms with Crippen molar-refractivity contribution in [2.24, 2.45) is 0 Å². The molecular weight excluding hydrogens is 438 g/mol. The lowest BCUT2D eigenvalue weighted by molar-refractivity contribution is 0.102. The van der Waals surface area contributed by atoms with Crippen LogP contribution < -0.4 is 10.6 Å². The van der Waals surface area contributed by atoms with Crippen LogP contribution in [0.15, 0.2) is 52.9 Å². The number of carbonyl (C=O) groups excluding carboxylic acids is 1. The second-order valence-corrected chi connectivity index (χ2v) is 9.23. The fraction of sp³-hybridized carbons (Fsp3) is 0.400. The highest BCUT2D eigenvalue weighted by atomic mass is 35.5. The van der Waals surface area contributed by atoms with Gasteiger partial charge in [0, 0.05) is 23.3 Å². The summed E-state index contributed by atoms with van der Waals surface area (Å²) in [6, 6.07) is 15.8. The highest BCUT2D eigenvalue weighted by Crippen LogP contribution is 2.32. The number of benzene rings is 2. The zero-order valence-electron chi connectivity index (χ0n) is 18.5. The number of halogens is 1. The van der Waals surface area contributed by atoms with Gasteiger partial charge in [0.15, 0.2) is 0 Å². The van der Waals surface area contributed by atoms with Gasteiger partial charge in [0.25, 0.3) is 11.8 Å². The molecule has 0 bridgehead atoms. The maximum absolute atomic E-state index is 12.4. The lowest BCUT2D eigenvalue weighted by Crippen LogP contribution is -2.38. The number of nitrogens with one attached hydrogen (secondary N) is 2. The van der Waals surface area contributed by atoms with Crippen LogP contribution in [0.3, 0.4) is 0 Å². The van der Waals surface area contributed by atoms with E-state index in [2.05, 4.69) is 25.7 Å². The summed E-state index contributed by atoms with van der Waals surface area (Å²) in [5.74, 6) is 0.164. The first-order valence-electron chi connectivity index (χ1n) is 11.7. The zero-order chi connectivity index (χ0) is 22.6. The fourth-order valence-corrected chi connectivity index (χ4v) is 5.08. The van der Waals surface area contributed by atoms with Crippen molar-refractivity contribution < 1.29 is 9.21 Å². The Hall–Kier alpha value is -2.90. The summed E-state index contributed by atoms with van der Waals surface area (Å²) in [6.07, 6.45) is 7.31. The van der Waals surface area contributed by atoms with Gasteiger partial charge in [-0.25, -0.2) is 0 Å². The molecule has 1 saturated carbocycles. The van der Waals surface area contributed by atoms with E-state index < -0.39 is 0 Å². The molecule has 2 N–H and O–H groups in total. The molecule has 1 amide bonds. The average Bonchev–Trinajstić information content (AvgIpc) is 3.53. The summed E-state index contributed by atoms with van der Waals surface area (Å²) >= 11 is 6.47. The largest absolute Gasteiger partial charge is 0.403 e. The Labute approximate surface area is 198 Å². The molecule has 1 aliphatic heterocycles. The number of amides is 1. The summed E-state index contributed by atoms with van der Waals surface area (Å²) < 4.78 is 5.85. The van der Waals surface area contributed by atoms with Gasteiger partial charge in [0.1, 0.15) is 0 Å². The zero-order valence-corrected chi connectivity index (χ0v) is 19.2. The third-order valence-electron chi connectivity index (χ3n) is 6.60. The van der Waals surface area contributed by atoms with Crippen LogP contribution in [-0.2, 0) is 0 Å². The van der Waals surface area contributed by atoms with Gasteiger partial charge in [-0.1, -0.05) is 34.9 Å². The van der Waals surface area contributed by atoms with Crippen LogP contribution in [-0.4, -0.2) is 46.2 Å². The summed E-state index contributed by atoms with van der Waals surface area (Å²) in [5.41, 5.74) is 1.82. The van der Waals surface area contributed by atoms with Crippen molar-refractivity contribution in [3.8, 4) is 11.5 Å². The topological polar surface area (TPSA) is 83.3 Å². The predicted molar refractivity (Wildman–Crippen MR) is 130 cm³/mol. The maximum atomic E-state index is 12.4. The van der Waals surface area contributed by atoms with Crippen molar-refractivity contribution in [2.75, 3.05) is 23.7 Å². The number of anilines is 2.